The fraction of sp³-hybridized carbons (Fsp3) is 0.696. The van der Waals surface area contributed by atoms with Crippen LogP contribution in [0.15, 0.2) is 23.8 Å². The molecule has 29 heavy (non-hydrogen) atoms. The summed E-state index contributed by atoms with van der Waals surface area (Å²) < 4.78 is 4.88. The zero-order chi connectivity index (χ0) is 21.2. The number of ether oxygens (including phenoxy) is 1. The fourth-order valence-electron chi connectivity index (χ4n) is 7.08. The van der Waals surface area contributed by atoms with Gasteiger partial charge in [0.05, 0.1) is 6.10 Å². The van der Waals surface area contributed by atoms with E-state index in [0.29, 0.717) is 19.3 Å². The van der Waals surface area contributed by atoms with Crippen LogP contribution in [0.1, 0.15) is 52.9 Å². The van der Waals surface area contributed by atoms with E-state index in [1.54, 1.807) is 12.2 Å². The molecular weight excluding hydrogens is 372 g/mol. The van der Waals surface area contributed by atoms with Crippen molar-refractivity contribution in [2.45, 2.75) is 64.6 Å². The lowest BCUT2D eigenvalue weighted by atomic mass is 9.46. The van der Waals surface area contributed by atoms with Gasteiger partial charge < -0.3 is 14.9 Å². The third-order valence-electron chi connectivity index (χ3n) is 8.52. The molecule has 0 heterocycles. The van der Waals surface area contributed by atoms with E-state index in [1.165, 1.54) is 6.92 Å². The minimum atomic E-state index is -1.60. The highest BCUT2D eigenvalue weighted by atomic mass is 16.5. The van der Waals surface area contributed by atoms with E-state index < -0.39 is 35.5 Å². The molecule has 4 aliphatic rings. The Bertz CT molecular complexity index is 827. The van der Waals surface area contributed by atoms with E-state index in [9.17, 15) is 24.6 Å². The number of hydrogen-bond acceptors (Lipinski definition) is 6. The van der Waals surface area contributed by atoms with Gasteiger partial charge in [-0.05, 0) is 56.1 Å². The Morgan fingerprint density at radius 3 is 2.69 bits per heavy atom. The summed E-state index contributed by atoms with van der Waals surface area (Å²) in [6.45, 7) is 4.80. The highest BCUT2D eigenvalue weighted by Gasteiger charge is 2.68. The van der Waals surface area contributed by atoms with Crippen LogP contribution in [-0.4, -0.2) is 46.1 Å². The van der Waals surface area contributed by atoms with Gasteiger partial charge in [-0.3, -0.25) is 14.4 Å². The van der Waals surface area contributed by atoms with Crippen molar-refractivity contribution >= 4 is 17.5 Å². The Morgan fingerprint density at radius 1 is 1.28 bits per heavy atom. The van der Waals surface area contributed by atoms with Crippen molar-refractivity contribution in [3.63, 3.8) is 0 Å². The molecule has 0 aromatic heterocycles. The topological polar surface area (TPSA) is 101 Å². The SMILES string of the molecule is CC(=O)OCC(=O)[C@]1(O)CC[C@@H]2[C@@H]3CCC4=CC(=O)C=C[C@@]4(C)[C@H]3[C@H](O)C[C@]21C. The average molecular weight is 402 g/mol. The Balaban J connectivity index is 1.66. The Morgan fingerprint density at radius 2 is 2.00 bits per heavy atom. The average Bonchev–Trinajstić information content (AvgIpc) is 2.91. The van der Waals surface area contributed by atoms with E-state index >= 15 is 0 Å². The molecule has 0 radical (unpaired) electrons. The second-order valence-electron chi connectivity index (χ2n) is 9.81. The number of esters is 1. The van der Waals surface area contributed by atoms with Gasteiger partial charge in [-0.15, -0.1) is 0 Å². The number of aliphatic hydroxyl groups is 2. The maximum Gasteiger partial charge on any atom is 0.303 e. The van der Waals surface area contributed by atoms with Crippen molar-refractivity contribution in [2.75, 3.05) is 6.61 Å². The minimum absolute atomic E-state index is 0.00243. The molecule has 158 valence electrons. The summed E-state index contributed by atoms with van der Waals surface area (Å²) in [6.07, 6.45) is 7.50. The maximum absolute atomic E-state index is 12.9. The summed E-state index contributed by atoms with van der Waals surface area (Å²) in [5.41, 5.74) is -1.67. The Hall–Kier alpha value is -1.79. The molecule has 0 spiro atoms. The van der Waals surface area contributed by atoms with E-state index in [0.717, 1.165) is 18.4 Å². The first-order valence-corrected chi connectivity index (χ1v) is 10.5. The molecule has 0 unspecified atom stereocenters. The molecule has 0 aliphatic heterocycles. The number of fused-ring (bicyclic) bond motifs is 5. The van der Waals surface area contributed by atoms with Gasteiger partial charge in [0.1, 0.15) is 5.60 Å². The maximum atomic E-state index is 12.9. The van der Waals surface area contributed by atoms with Gasteiger partial charge >= 0.3 is 5.97 Å². The first-order chi connectivity index (χ1) is 13.5. The molecular formula is C23H30O6. The summed E-state index contributed by atoms with van der Waals surface area (Å²) in [4.78, 5) is 35.9. The zero-order valence-electron chi connectivity index (χ0n) is 17.3. The van der Waals surface area contributed by atoms with Gasteiger partial charge in [0.25, 0.3) is 0 Å². The molecule has 4 rings (SSSR count). The number of aliphatic hydroxyl groups excluding tert-OH is 1. The lowest BCUT2D eigenvalue weighted by Gasteiger charge is -2.59. The van der Waals surface area contributed by atoms with Crippen molar-refractivity contribution in [3.05, 3.63) is 23.8 Å². The number of hydrogen-bond donors (Lipinski definition) is 2. The van der Waals surface area contributed by atoms with E-state index in [-0.39, 0.29) is 29.0 Å². The third-order valence-corrected chi connectivity index (χ3v) is 8.52. The molecule has 3 saturated carbocycles. The van der Waals surface area contributed by atoms with Gasteiger partial charge in [0.15, 0.2) is 12.4 Å². The van der Waals surface area contributed by atoms with Gasteiger partial charge in [-0.2, -0.15) is 0 Å². The number of carbonyl (C=O) groups excluding carboxylic acids is 3. The standard InChI is InChI=1S/C23H30O6/c1-13(24)29-12-19(27)23(28)9-7-17-16-5-4-14-10-15(25)6-8-21(14,2)20(16)18(26)11-22(17,23)3/h6,8,10,16-18,20,26,28H,4-5,7,9,11-12H2,1-3H3/t16-,17+,18+,20+,21+,22+,23+/m0/s1. The molecule has 6 nitrogen and oxygen atoms in total. The first-order valence-electron chi connectivity index (χ1n) is 10.5. The summed E-state index contributed by atoms with van der Waals surface area (Å²) in [7, 11) is 0. The van der Waals surface area contributed by atoms with Crippen molar-refractivity contribution in [1.82, 2.24) is 0 Å². The van der Waals surface area contributed by atoms with Crippen LogP contribution in [0.2, 0.25) is 0 Å². The first kappa shape index (κ1) is 20.5. The summed E-state index contributed by atoms with van der Waals surface area (Å²) in [5.74, 6) is -0.836. The van der Waals surface area contributed by atoms with Crippen molar-refractivity contribution < 1.29 is 29.3 Å². The Labute approximate surface area is 171 Å². The molecule has 0 bridgehead atoms. The molecule has 0 saturated heterocycles. The quantitative estimate of drug-likeness (QED) is 0.702. The monoisotopic (exact) mass is 402 g/mol. The van der Waals surface area contributed by atoms with Crippen LogP contribution < -0.4 is 0 Å². The second-order valence-corrected chi connectivity index (χ2v) is 9.81. The zero-order valence-corrected chi connectivity index (χ0v) is 17.3. The third kappa shape index (κ3) is 2.79. The van der Waals surface area contributed by atoms with Gasteiger partial charge in [0, 0.05) is 23.7 Å². The molecule has 2 N–H and O–H groups in total. The van der Waals surface area contributed by atoms with Crippen LogP contribution >= 0.6 is 0 Å². The normalized spacial score (nSPS) is 45.7. The van der Waals surface area contributed by atoms with Crippen LogP contribution in [-0.2, 0) is 19.1 Å². The van der Waals surface area contributed by atoms with Crippen molar-refractivity contribution in [2.24, 2.45) is 28.6 Å². The molecule has 3 fully saturated rings. The van der Waals surface area contributed by atoms with Crippen LogP contribution in [0.5, 0.6) is 0 Å². The van der Waals surface area contributed by atoms with Gasteiger partial charge in [0.2, 0.25) is 5.78 Å². The summed E-state index contributed by atoms with van der Waals surface area (Å²) in [6, 6.07) is 0. The molecule has 7 atom stereocenters. The molecule has 0 aromatic carbocycles. The molecule has 0 aromatic rings. The van der Waals surface area contributed by atoms with Crippen LogP contribution in [0, 0.1) is 28.6 Å². The predicted octanol–water partition coefficient (Wildman–Crippen LogP) is 2.13. The highest BCUT2D eigenvalue weighted by Crippen LogP contribution is 2.67. The van der Waals surface area contributed by atoms with E-state index in [4.69, 9.17) is 4.74 Å². The largest absolute Gasteiger partial charge is 0.458 e. The number of Topliss-reactive ketones (excluding diaryl/α,β-unsaturated/α-hetero) is 1. The van der Waals surface area contributed by atoms with Crippen LogP contribution in [0.3, 0.4) is 0 Å². The predicted molar refractivity (Wildman–Crippen MR) is 105 cm³/mol. The van der Waals surface area contributed by atoms with Crippen molar-refractivity contribution in [1.29, 1.82) is 0 Å². The number of rotatable bonds is 3. The second kappa shape index (κ2) is 6.61. The Kier molecular flexibility index (Phi) is 4.67. The molecule has 4 aliphatic carbocycles. The van der Waals surface area contributed by atoms with E-state index in [2.05, 4.69) is 6.92 Å². The van der Waals surface area contributed by atoms with Crippen LogP contribution in [0.4, 0.5) is 0 Å². The minimum Gasteiger partial charge on any atom is -0.458 e. The number of allylic oxidation sites excluding steroid dienone is 4. The number of ketones is 2. The van der Waals surface area contributed by atoms with Crippen LogP contribution in [0.25, 0.3) is 0 Å². The lowest BCUT2D eigenvalue weighted by molar-refractivity contribution is -0.181. The van der Waals surface area contributed by atoms with Gasteiger partial charge in [-0.25, -0.2) is 0 Å². The van der Waals surface area contributed by atoms with E-state index in [1.807, 2.05) is 13.0 Å². The summed E-state index contributed by atoms with van der Waals surface area (Å²) in [5, 5.41) is 22.7. The molecule has 0 amide bonds. The van der Waals surface area contributed by atoms with Gasteiger partial charge in [-0.1, -0.05) is 25.5 Å². The lowest BCUT2D eigenvalue weighted by Crippen LogP contribution is -2.61. The molecule has 6 heteroatoms. The highest BCUT2D eigenvalue weighted by molar-refractivity contribution is 6.01. The smallest absolute Gasteiger partial charge is 0.303 e. The summed E-state index contributed by atoms with van der Waals surface area (Å²) >= 11 is 0. The fourth-order valence-corrected chi connectivity index (χ4v) is 7.08. The van der Waals surface area contributed by atoms with Crippen molar-refractivity contribution in [3.8, 4) is 0 Å². The number of carbonyl (C=O) groups is 3.